The lowest BCUT2D eigenvalue weighted by molar-refractivity contribution is -0.116. The zero-order chi connectivity index (χ0) is 15.1. The van der Waals surface area contributed by atoms with E-state index in [4.69, 9.17) is 25.5 Å². The van der Waals surface area contributed by atoms with Gasteiger partial charge in [-0.25, -0.2) is 0 Å². The first-order valence-electron chi connectivity index (χ1n) is 5.78. The Hall–Kier alpha value is -0.360. The maximum atomic E-state index is 9.57. The Balaban J connectivity index is 4.40. The highest BCUT2D eigenvalue weighted by atomic mass is 16.4. The van der Waals surface area contributed by atoms with Crippen LogP contribution in [0.15, 0.2) is 0 Å². The summed E-state index contributed by atoms with van der Waals surface area (Å²) in [6.45, 7) is -2.97. The van der Waals surface area contributed by atoms with Crippen molar-refractivity contribution in [2.75, 3.05) is 33.0 Å². The van der Waals surface area contributed by atoms with E-state index in [1.807, 2.05) is 0 Å². The third-order valence-electron chi connectivity index (χ3n) is 2.92. The zero-order valence-corrected chi connectivity index (χ0v) is 10.4. The van der Waals surface area contributed by atoms with E-state index >= 15 is 0 Å². The fourth-order valence-corrected chi connectivity index (χ4v) is 1.32. The van der Waals surface area contributed by atoms with Gasteiger partial charge in [0.1, 0.15) is 18.3 Å². The molecule has 0 aromatic rings. The number of aliphatic hydroxyl groups is 8. The normalized spacial score (nSPS) is 18.9. The zero-order valence-electron chi connectivity index (χ0n) is 10.4. The predicted octanol–water partition coefficient (Wildman–Crippen LogP) is -5.27. The Morgan fingerprint density at radius 1 is 0.737 bits per heavy atom. The lowest BCUT2D eigenvalue weighted by atomic mass is 10.00. The van der Waals surface area contributed by atoms with Crippen LogP contribution in [0, 0.1) is 0 Å². The van der Waals surface area contributed by atoms with Gasteiger partial charge in [-0.05, 0) is 0 Å². The maximum absolute atomic E-state index is 9.57. The minimum atomic E-state index is -1.76. The van der Waals surface area contributed by atoms with Gasteiger partial charge in [-0.15, -0.1) is 0 Å². The van der Waals surface area contributed by atoms with E-state index in [9.17, 15) is 15.3 Å². The van der Waals surface area contributed by atoms with Crippen LogP contribution >= 0.6 is 0 Å². The second-order valence-corrected chi connectivity index (χ2v) is 4.43. The van der Waals surface area contributed by atoms with Crippen LogP contribution in [0.4, 0.5) is 0 Å². The van der Waals surface area contributed by atoms with Crippen molar-refractivity contribution in [2.24, 2.45) is 0 Å². The van der Waals surface area contributed by atoms with Crippen molar-refractivity contribution in [3.63, 3.8) is 0 Å². The third-order valence-corrected chi connectivity index (χ3v) is 2.92. The molecule has 4 unspecified atom stereocenters. The topological polar surface area (TPSA) is 174 Å². The summed E-state index contributed by atoms with van der Waals surface area (Å²) in [5.41, 5.74) is -1.43. The Morgan fingerprint density at radius 2 is 1.16 bits per heavy atom. The monoisotopic (exact) mass is 285 g/mol. The molecule has 0 radical (unpaired) electrons. The highest BCUT2D eigenvalue weighted by Crippen LogP contribution is 2.07. The molecule has 0 bridgehead atoms. The summed E-state index contributed by atoms with van der Waals surface area (Å²) in [5, 5.41) is 75.6. The Morgan fingerprint density at radius 3 is 1.53 bits per heavy atom. The van der Waals surface area contributed by atoms with Crippen molar-refractivity contribution in [1.82, 2.24) is 5.32 Å². The first kappa shape index (κ1) is 18.6. The highest BCUT2D eigenvalue weighted by Gasteiger charge is 2.33. The number of hydrogen-bond acceptors (Lipinski definition) is 9. The van der Waals surface area contributed by atoms with Gasteiger partial charge in [0.05, 0.1) is 38.1 Å². The summed E-state index contributed by atoms with van der Waals surface area (Å²) in [6.07, 6.45) is -6.65. The van der Waals surface area contributed by atoms with Crippen LogP contribution in [-0.2, 0) is 0 Å². The molecule has 0 amide bonds. The largest absolute Gasteiger partial charge is 0.394 e. The smallest absolute Gasteiger partial charge is 0.111 e. The summed E-state index contributed by atoms with van der Waals surface area (Å²) in [7, 11) is 0. The fraction of sp³-hybridized carbons (Fsp3) is 1.00. The van der Waals surface area contributed by atoms with E-state index < -0.39 is 56.4 Å². The molecule has 0 aliphatic rings. The van der Waals surface area contributed by atoms with Crippen LogP contribution in [0.25, 0.3) is 0 Å². The van der Waals surface area contributed by atoms with Crippen LogP contribution in [0.1, 0.15) is 0 Å². The van der Waals surface area contributed by atoms with Crippen LogP contribution in [0.2, 0.25) is 0 Å². The minimum Gasteiger partial charge on any atom is -0.394 e. The minimum absolute atomic E-state index is 0.363. The first-order valence-corrected chi connectivity index (χ1v) is 5.78. The SMILES string of the molecule is OCC(O)C(O)C(O)C(O)CNC(CO)(CO)CO. The number of nitrogens with one attached hydrogen (secondary N) is 1. The van der Waals surface area contributed by atoms with E-state index in [1.54, 1.807) is 0 Å². The van der Waals surface area contributed by atoms with Gasteiger partial charge in [-0.2, -0.15) is 0 Å². The quantitative estimate of drug-likeness (QED) is 0.190. The molecule has 9 nitrogen and oxygen atoms in total. The number of hydrogen-bond donors (Lipinski definition) is 9. The predicted molar refractivity (Wildman–Crippen MR) is 63.1 cm³/mol. The van der Waals surface area contributed by atoms with Crippen LogP contribution in [0.3, 0.4) is 0 Å². The van der Waals surface area contributed by atoms with Crippen molar-refractivity contribution in [3.8, 4) is 0 Å². The summed E-state index contributed by atoms with van der Waals surface area (Å²) < 4.78 is 0. The second-order valence-electron chi connectivity index (χ2n) is 4.43. The average molecular weight is 285 g/mol. The molecule has 0 heterocycles. The molecule has 19 heavy (non-hydrogen) atoms. The number of rotatable bonds is 10. The maximum Gasteiger partial charge on any atom is 0.111 e. The Kier molecular flexibility index (Phi) is 8.57. The first-order chi connectivity index (χ1) is 8.87. The molecular weight excluding hydrogens is 262 g/mol. The van der Waals surface area contributed by atoms with E-state index in [2.05, 4.69) is 5.32 Å². The molecule has 0 spiro atoms. The Bertz CT molecular complexity index is 229. The number of aliphatic hydroxyl groups excluding tert-OH is 8. The lowest BCUT2D eigenvalue weighted by Gasteiger charge is -2.32. The van der Waals surface area contributed by atoms with Crippen molar-refractivity contribution in [3.05, 3.63) is 0 Å². The van der Waals surface area contributed by atoms with Gasteiger partial charge < -0.3 is 46.2 Å². The van der Waals surface area contributed by atoms with Crippen LogP contribution < -0.4 is 5.32 Å². The van der Waals surface area contributed by atoms with Crippen molar-refractivity contribution in [2.45, 2.75) is 30.0 Å². The molecule has 0 aromatic heterocycles. The molecular formula is C10H23NO8. The lowest BCUT2D eigenvalue weighted by Crippen LogP contribution is -2.59. The Labute approximate surface area is 110 Å². The van der Waals surface area contributed by atoms with Crippen molar-refractivity contribution in [1.29, 1.82) is 0 Å². The molecule has 0 aliphatic carbocycles. The van der Waals surface area contributed by atoms with E-state index in [0.717, 1.165) is 0 Å². The van der Waals surface area contributed by atoms with E-state index in [0.29, 0.717) is 0 Å². The molecule has 0 aliphatic heterocycles. The highest BCUT2D eigenvalue weighted by molar-refractivity contribution is 4.89. The van der Waals surface area contributed by atoms with Gasteiger partial charge in [0.2, 0.25) is 0 Å². The van der Waals surface area contributed by atoms with Gasteiger partial charge in [0, 0.05) is 6.54 Å². The van der Waals surface area contributed by atoms with Gasteiger partial charge in [-0.3, -0.25) is 0 Å². The van der Waals surface area contributed by atoms with Gasteiger partial charge in [0.15, 0.2) is 0 Å². The molecule has 0 fully saturated rings. The van der Waals surface area contributed by atoms with E-state index in [1.165, 1.54) is 0 Å². The molecule has 4 atom stereocenters. The van der Waals surface area contributed by atoms with Gasteiger partial charge in [-0.1, -0.05) is 0 Å². The molecule has 0 saturated carbocycles. The van der Waals surface area contributed by atoms with E-state index in [-0.39, 0.29) is 6.54 Å². The van der Waals surface area contributed by atoms with Crippen LogP contribution in [-0.4, -0.2) is 104 Å². The van der Waals surface area contributed by atoms with Crippen molar-refractivity contribution < 1.29 is 40.9 Å². The van der Waals surface area contributed by atoms with Crippen LogP contribution in [0.5, 0.6) is 0 Å². The molecule has 0 aromatic carbocycles. The van der Waals surface area contributed by atoms with Gasteiger partial charge >= 0.3 is 0 Å². The summed E-state index contributed by atoms with van der Waals surface area (Å²) in [5.74, 6) is 0. The summed E-state index contributed by atoms with van der Waals surface area (Å²) in [4.78, 5) is 0. The summed E-state index contributed by atoms with van der Waals surface area (Å²) in [6, 6.07) is 0. The molecule has 116 valence electrons. The number of β-amino-alcohol motifs (C(OH)–C–C–N with tert-alkyl or cyclic N) is 1. The van der Waals surface area contributed by atoms with Crippen molar-refractivity contribution >= 4 is 0 Å². The second kappa shape index (κ2) is 8.74. The molecule has 9 heteroatoms. The third kappa shape index (κ3) is 5.26. The molecule has 0 rings (SSSR count). The molecule has 0 saturated heterocycles. The fourth-order valence-electron chi connectivity index (χ4n) is 1.32. The van der Waals surface area contributed by atoms with Gasteiger partial charge in [0.25, 0.3) is 0 Å². The average Bonchev–Trinajstić information content (AvgIpc) is 2.46. The molecule has 9 N–H and O–H groups in total. The standard InChI is InChI=1S/C10H23NO8/c12-2-7(17)9(19)8(18)6(16)1-11-10(3-13,4-14)5-15/h6-9,11-19H,1-5H2. The summed E-state index contributed by atoms with van der Waals surface area (Å²) >= 11 is 0.